The Morgan fingerprint density at radius 2 is 2.05 bits per heavy atom. The first-order valence-electron chi connectivity index (χ1n) is 6.33. The van der Waals surface area contributed by atoms with E-state index in [0.717, 1.165) is 15.8 Å². The van der Waals surface area contributed by atoms with Gasteiger partial charge < -0.3 is 5.32 Å². The summed E-state index contributed by atoms with van der Waals surface area (Å²) in [5.41, 5.74) is -0.119. The van der Waals surface area contributed by atoms with E-state index in [1.54, 1.807) is 18.2 Å². The smallest absolute Gasteiger partial charge is 0.310 e. The number of halogens is 4. The van der Waals surface area contributed by atoms with Crippen molar-refractivity contribution in [2.75, 3.05) is 0 Å². The molecule has 1 N–H and O–H groups in total. The Balaban J connectivity index is 2.40. The Morgan fingerprint density at radius 1 is 1.33 bits per heavy atom. The third kappa shape index (κ3) is 4.28. The molecule has 0 atom stereocenters. The Bertz CT molecular complexity index is 623. The lowest BCUT2D eigenvalue weighted by Crippen LogP contribution is -2.23. The van der Waals surface area contributed by atoms with Crippen LogP contribution in [0.1, 0.15) is 24.4 Å². The molecule has 0 aliphatic heterocycles. The van der Waals surface area contributed by atoms with Crippen molar-refractivity contribution in [3.63, 3.8) is 0 Å². The summed E-state index contributed by atoms with van der Waals surface area (Å²) in [4.78, 5) is 4.02. The quantitative estimate of drug-likeness (QED) is 0.801. The number of nitrogens with one attached hydrogen (secondary N) is 1. The summed E-state index contributed by atoms with van der Waals surface area (Å²) in [6.45, 7) is 3.95. The Kier molecular flexibility index (Phi) is 5.06. The van der Waals surface area contributed by atoms with Crippen molar-refractivity contribution in [1.82, 2.24) is 10.3 Å². The standard InChI is InChI=1S/C14H14BrF3N2S/c1-8(2)19-7-11-12(14(16,17)18)20-13(21-11)9-4-3-5-10(15)6-9/h3-6,8,19H,7H2,1-2H3. The first kappa shape index (κ1) is 16.5. The van der Waals surface area contributed by atoms with Gasteiger partial charge in [-0.2, -0.15) is 13.2 Å². The molecule has 2 aromatic rings. The highest BCUT2D eigenvalue weighted by atomic mass is 79.9. The fourth-order valence-corrected chi connectivity index (χ4v) is 3.16. The molecule has 0 saturated heterocycles. The van der Waals surface area contributed by atoms with Gasteiger partial charge in [0.2, 0.25) is 0 Å². The van der Waals surface area contributed by atoms with Gasteiger partial charge in [0.05, 0.1) is 4.88 Å². The third-order valence-corrected chi connectivity index (χ3v) is 4.31. The van der Waals surface area contributed by atoms with E-state index in [0.29, 0.717) is 10.6 Å². The summed E-state index contributed by atoms with van der Waals surface area (Å²) in [5, 5.41) is 3.39. The fraction of sp³-hybridized carbons (Fsp3) is 0.357. The normalized spacial score (nSPS) is 12.1. The Hall–Kier alpha value is -0.920. The second-order valence-corrected chi connectivity index (χ2v) is 6.83. The average molecular weight is 379 g/mol. The monoisotopic (exact) mass is 378 g/mol. The molecule has 0 aliphatic rings. The van der Waals surface area contributed by atoms with Crippen LogP contribution in [0.15, 0.2) is 28.7 Å². The predicted molar refractivity (Wildman–Crippen MR) is 82.2 cm³/mol. The van der Waals surface area contributed by atoms with E-state index in [1.807, 2.05) is 19.9 Å². The van der Waals surface area contributed by atoms with Crippen LogP contribution in [0.4, 0.5) is 13.2 Å². The highest BCUT2D eigenvalue weighted by Gasteiger charge is 2.37. The molecule has 1 heterocycles. The molecule has 1 aromatic heterocycles. The molecule has 0 amide bonds. The Morgan fingerprint density at radius 3 is 2.62 bits per heavy atom. The molecule has 2 rings (SSSR count). The summed E-state index contributed by atoms with van der Waals surface area (Å²) in [6, 6.07) is 7.23. The van der Waals surface area contributed by atoms with Gasteiger partial charge in [-0.3, -0.25) is 0 Å². The van der Waals surface area contributed by atoms with E-state index in [-0.39, 0.29) is 17.5 Å². The molecule has 2 nitrogen and oxygen atoms in total. The van der Waals surface area contributed by atoms with Crippen molar-refractivity contribution < 1.29 is 13.2 Å². The highest BCUT2D eigenvalue weighted by molar-refractivity contribution is 9.10. The second kappa shape index (κ2) is 6.46. The van der Waals surface area contributed by atoms with Gasteiger partial charge in [0.25, 0.3) is 0 Å². The van der Waals surface area contributed by atoms with Gasteiger partial charge in [0.15, 0.2) is 5.69 Å². The average Bonchev–Trinajstić information content (AvgIpc) is 2.80. The lowest BCUT2D eigenvalue weighted by atomic mass is 10.2. The molecule has 0 fully saturated rings. The van der Waals surface area contributed by atoms with E-state index in [4.69, 9.17) is 0 Å². The maximum atomic E-state index is 13.1. The summed E-state index contributed by atoms with van der Waals surface area (Å²) >= 11 is 4.39. The van der Waals surface area contributed by atoms with E-state index in [1.165, 1.54) is 0 Å². The SMILES string of the molecule is CC(C)NCc1sc(-c2cccc(Br)c2)nc1C(F)(F)F. The molecule has 1 aromatic carbocycles. The van der Waals surface area contributed by atoms with Crippen LogP contribution in [0.25, 0.3) is 10.6 Å². The zero-order valence-electron chi connectivity index (χ0n) is 11.5. The van der Waals surface area contributed by atoms with E-state index < -0.39 is 11.9 Å². The third-order valence-electron chi connectivity index (χ3n) is 2.71. The minimum absolute atomic E-state index is 0.113. The van der Waals surface area contributed by atoms with Crippen LogP contribution in [0.2, 0.25) is 0 Å². The van der Waals surface area contributed by atoms with E-state index in [2.05, 4.69) is 26.2 Å². The van der Waals surface area contributed by atoms with Gasteiger partial charge in [-0.25, -0.2) is 4.98 Å². The van der Waals surface area contributed by atoms with Crippen LogP contribution in [0, 0.1) is 0 Å². The zero-order valence-corrected chi connectivity index (χ0v) is 13.9. The number of thiazole rings is 1. The molecular formula is C14H14BrF3N2S. The van der Waals surface area contributed by atoms with Crippen molar-refractivity contribution in [2.45, 2.75) is 32.6 Å². The second-order valence-electron chi connectivity index (χ2n) is 4.83. The maximum Gasteiger partial charge on any atom is 0.434 e. The zero-order chi connectivity index (χ0) is 15.6. The summed E-state index contributed by atoms with van der Waals surface area (Å²) in [6.07, 6.45) is -4.44. The van der Waals surface area contributed by atoms with Crippen molar-refractivity contribution >= 4 is 27.3 Å². The molecule has 21 heavy (non-hydrogen) atoms. The number of nitrogens with zero attached hydrogens (tertiary/aromatic N) is 1. The van der Waals surface area contributed by atoms with Crippen LogP contribution >= 0.6 is 27.3 Å². The Labute approximate surface area is 133 Å². The van der Waals surface area contributed by atoms with Crippen molar-refractivity contribution in [1.29, 1.82) is 0 Å². The van der Waals surface area contributed by atoms with Crippen LogP contribution < -0.4 is 5.32 Å². The van der Waals surface area contributed by atoms with Gasteiger partial charge in [-0.1, -0.05) is 41.9 Å². The highest BCUT2D eigenvalue weighted by Crippen LogP contribution is 2.38. The van der Waals surface area contributed by atoms with Crippen molar-refractivity contribution in [3.8, 4) is 10.6 Å². The molecule has 7 heteroatoms. The first-order chi connectivity index (χ1) is 9.77. The summed E-state index contributed by atoms with van der Waals surface area (Å²) in [5.74, 6) is 0. The minimum Gasteiger partial charge on any atom is -0.310 e. The number of alkyl halides is 3. The van der Waals surface area contributed by atoms with Crippen LogP contribution in [-0.2, 0) is 12.7 Å². The minimum atomic E-state index is -4.44. The van der Waals surface area contributed by atoms with Crippen LogP contribution in [-0.4, -0.2) is 11.0 Å². The number of hydrogen-bond acceptors (Lipinski definition) is 3. The first-order valence-corrected chi connectivity index (χ1v) is 7.94. The maximum absolute atomic E-state index is 13.1. The summed E-state index contributed by atoms with van der Waals surface area (Å²) < 4.78 is 40.1. The molecule has 0 aliphatic carbocycles. The molecule has 0 radical (unpaired) electrons. The van der Waals surface area contributed by atoms with Gasteiger partial charge >= 0.3 is 6.18 Å². The van der Waals surface area contributed by atoms with Crippen LogP contribution in [0.3, 0.4) is 0 Å². The van der Waals surface area contributed by atoms with Crippen LogP contribution in [0.5, 0.6) is 0 Å². The van der Waals surface area contributed by atoms with Crippen molar-refractivity contribution in [3.05, 3.63) is 39.3 Å². The number of benzene rings is 1. The largest absolute Gasteiger partial charge is 0.434 e. The topological polar surface area (TPSA) is 24.9 Å². The van der Waals surface area contributed by atoms with E-state index in [9.17, 15) is 13.2 Å². The van der Waals surface area contributed by atoms with Crippen molar-refractivity contribution in [2.24, 2.45) is 0 Å². The molecule has 0 spiro atoms. The number of aromatic nitrogens is 1. The lowest BCUT2D eigenvalue weighted by molar-refractivity contribution is -0.141. The summed E-state index contributed by atoms with van der Waals surface area (Å²) in [7, 11) is 0. The lowest BCUT2D eigenvalue weighted by Gasteiger charge is -2.09. The van der Waals surface area contributed by atoms with Gasteiger partial charge in [0, 0.05) is 22.6 Å². The van der Waals surface area contributed by atoms with E-state index >= 15 is 0 Å². The van der Waals surface area contributed by atoms with Gasteiger partial charge in [-0.05, 0) is 12.1 Å². The molecule has 0 bridgehead atoms. The molecular weight excluding hydrogens is 365 g/mol. The molecule has 114 valence electrons. The molecule has 0 saturated carbocycles. The molecule has 0 unspecified atom stereocenters. The van der Waals surface area contributed by atoms with Gasteiger partial charge in [0.1, 0.15) is 5.01 Å². The number of hydrogen-bond donors (Lipinski definition) is 1. The fourth-order valence-electron chi connectivity index (χ4n) is 1.73. The van der Waals surface area contributed by atoms with Gasteiger partial charge in [-0.15, -0.1) is 11.3 Å². The predicted octanol–water partition coefficient (Wildman–Crippen LogP) is 5.09. The number of rotatable bonds is 4.